The number of halogens is 3. The van der Waals surface area contributed by atoms with Crippen LogP contribution in [-0.4, -0.2) is 17.6 Å². The Hall–Kier alpha value is -1.56. The van der Waals surface area contributed by atoms with E-state index in [-0.39, 0.29) is 12.3 Å². The number of rotatable bonds is 4. The van der Waals surface area contributed by atoms with Crippen LogP contribution in [0.2, 0.25) is 0 Å². The van der Waals surface area contributed by atoms with Crippen molar-refractivity contribution in [1.82, 2.24) is 0 Å². The molecule has 3 N–H and O–H groups in total. The van der Waals surface area contributed by atoms with Crippen LogP contribution in [0.15, 0.2) is 24.3 Å². The first kappa shape index (κ1) is 15.8. The molecule has 1 saturated carbocycles. The van der Waals surface area contributed by atoms with Crippen LogP contribution >= 0.6 is 0 Å². The lowest BCUT2D eigenvalue weighted by atomic mass is 9.98. The molecule has 0 unspecified atom stereocenters. The molecule has 0 radical (unpaired) electrons. The molecule has 1 aromatic rings. The number of amides is 1. The summed E-state index contributed by atoms with van der Waals surface area (Å²) in [7, 11) is 0. The molecule has 2 rings (SSSR count). The zero-order chi connectivity index (χ0) is 15.5. The number of benzene rings is 1. The van der Waals surface area contributed by atoms with Crippen LogP contribution in [0.3, 0.4) is 0 Å². The highest BCUT2D eigenvalue weighted by Gasteiger charge is 2.36. The third kappa shape index (κ3) is 4.46. The zero-order valence-electron chi connectivity index (χ0n) is 11.7. The van der Waals surface area contributed by atoms with Gasteiger partial charge < -0.3 is 11.1 Å². The predicted molar refractivity (Wildman–Crippen MR) is 74.8 cm³/mol. The third-order valence-electron chi connectivity index (χ3n) is 3.86. The van der Waals surface area contributed by atoms with Crippen molar-refractivity contribution in [3.05, 3.63) is 29.8 Å². The van der Waals surface area contributed by atoms with Gasteiger partial charge in [0.1, 0.15) is 0 Å². The highest BCUT2D eigenvalue weighted by atomic mass is 19.4. The molecule has 0 atom stereocenters. The van der Waals surface area contributed by atoms with E-state index >= 15 is 0 Å². The van der Waals surface area contributed by atoms with Gasteiger partial charge in [0.15, 0.2) is 0 Å². The largest absolute Gasteiger partial charge is 0.389 e. The van der Waals surface area contributed by atoms with Gasteiger partial charge in [0, 0.05) is 12.1 Å². The summed E-state index contributed by atoms with van der Waals surface area (Å²) in [6.45, 7) is 0. The van der Waals surface area contributed by atoms with Gasteiger partial charge in [-0.1, -0.05) is 25.0 Å². The first-order chi connectivity index (χ1) is 9.78. The summed E-state index contributed by atoms with van der Waals surface area (Å²) in [5.74, 6) is -0.219. The Bertz CT molecular complexity index is 491. The number of nitrogens with two attached hydrogens (primary N) is 1. The van der Waals surface area contributed by atoms with Crippen molar-refractivity contribution in [2.24, 2.45) is 5.73 Å². The van der Waals surface area contributed by atoms with Gasteiger partial charge in [0.05, 0.1) is 5.54 Å². The molecule has 0 spiro atoms. The number of alkyl halides is 3. The monoisotopic (exact) mass is 300 g/mol. The molecule has 6 heteroatoms. The first-order valence-electron chi connectivity index (χ1n) is 7.05. The zero-order valence-corrected chi connectivity index (χ0v) is 11.7. The lowest BCUT2D eigenvalue weighted by Gasteiger charge is -2.22. The van der Waals surface area contributed by atoms with E-state index < -0.39 is 18.1 Å². The number of nitrogens with one attached hydrogen (secondary N) is 1. The Morgan fingerprint density at radius 3 is 2.29 bits per heavy atom. The van der Waals surface area contributed by atoms with Gasteiger partial charge in [0.2, 0.25) is 5.91 Å². The van der Waals surface area contributed by atoms with E-state index in [0.29, 0.717) is 24.1 Å². The van der Waals surface area contributed by atoms with Crippen LogP contribution in [-0.2, 0) is 11.2 Å². The maximum atomic E-state index is 12.1. The second-order valence-electron chi connectivity index (χ2n) is 5.63. The van der Waals surface area contributed by atoms with Crippen LogP contribution in [0.5, 0.6) is 0 Å². The quantitative estimate of drug-likeness (QED) is 0.895. The van der Waals surface area contributed by atoms with Crippen molar-refractivity contribution < 1.29 is 18.0 Å². The molecule has 1 amide bonds. The molecule has 0 aliphatic heterocycles. The van der Waals surface area contributed by atoms with Gasteiger partial charge in [0.25, 0.3) is 0 Å². The fraction of sp³-hybridized carbons (Fsp3) is 0.533. The number of carbonyl (C=O) groups is 1. The van der Waals surface area contributed by atoms with Gasteiger partial charge in [-0.25, -0.2) is 0 Å². The standard InChI is InChI=1S/C15H19F3N2O/c16-15(17,18)10-7-11-3-5-12(6-4-11)20-13(21)14(19)8-1-2-9-14/h3-6H,1-2,7-10,19H2,(H,20,21). The molecular formula is C15H19F3N2O. The Morgan fingerprint density at radius 1 is 1.19 bits per heavy atom. The van der Waals surface area contributed by atoms with Crippen molar-refractivity contribution >= 4 is 11.6 Å². The van der Waals surface area contributed by atoms with E-state index in [2.05, 4.69) is 5.32 Å². The van der Waals surface area contributed by atoms with E-state index in [1.807, 2.05) is 0 Å². The van der Waals surface area contributed by atoms with E-state index in [1.54, 1.807) is 24.3 Å². The average molecular weight is 300 g/mol. The van der Waals surface area contributed by atoms with Crippen molar-refractivity contribution in [3.8, 4) is 0 Å². The molecule has 116 valence electrons. The predicted octanol–water partition coefficient (Wildman–Crippen LogP) is 3.39. The van der Waals surface area contributed by atoms with Crippen LogP contribution < -0.4 is 11.1 Å². The number of hydrogen-bond acceptors (Lipinski definition) is 2. The average Bonchev–Trinajstić information content (AvgIpc) is 2.85. The lowest BCUT2D eigenvalue weighted by Crippen LogP contribution is -2.48. The maximum absolute atomic E-state index is 12.1. The Kier molecular flexibility index (Phi) is 4.56. The minimum absolute atomic E-state index is 0.0570. The number of anilines is 1. The number of carbonyl (C=O) groups excluding carboxylic acids is 1. The smallest absolute Gasteiger partial charge is 0.324 e. The number of hydrogen-bond donors (Lipinski definition) is 2. The van der Waals surface area contributed by atoms with Crippen LogP contribution in [0.1, 0.15) is 37.7 Å². The fourth-order valence-electron chi connectivity index (χ4n) is 2.53. The summed E-state index contributed by atoms with van der Waals surface area (Å²) in [6.07, 6.45) is -1.82. The van der Waals surface area contributed by atoms with Gasteiger partial charge >= 0.3 is 6.18 Å². The third-order valence-corrected chi connectivity index (χ3v) is 3.86. The van der Waals surface area contributed by atoms with E-state index in [0.717, 1.165) is 12.8 Å². The molecule has 21 heavy (non-hydrogen) atoms. The molecule has 3 nitrogen and oxygen atoms in total. The molecule has 0 aromatic heterocycles. The SMILES string of the molecule is NC1(C(=O)Nc2ccc(CCC(F)(F)F)cc2)CCCC1. The van der Waals surface area contributed by atoms with Crippen LogP contribution in [0.4, 0.5) is 18.9 Å². The Balaban J connectivity index is 1.92. The van der Waals surface area contributed by atoms with Gasteiger partial charge in [-0.15, -0.1) is 0 Å². The van der Waals surface area contributed by atoms with Gasteiger partial charge in [-0.3, -0.25) is 4.79 Å². The highest BCUT2D eigenvalue weighted by Crippen LogP contribution is 2.28. The molecule has 1 aliphatic rings. The highest BCUT2D eigenvalue weighted by molar-refractivity contribution is 5.98. The number of aryl methyl sites for hydroxylation is 1. The normalized spacial score (nSPS) is 17.7. The summed E-state index contributed by atoms with van der Waals surface area (Å²) in [5.41, 5.74) is 6.38. The van der Waals surface area contributed by atoms with E-state index in [4.69, 9.17) is 5.73 Å². The summed E-state index contributed by atoms with van der Waals surface area (Å²) < 4.78 is 36.4. The van der Waals surface area contributed by atoms with Gasteiger partial charge in [-0.05, 0) is 37.0 Å². The van der Waals surface area contributed by atoms with E-state index in [9.17, 15) is 18.0 Å². The molecule has 1 aliphatic carbocycles. The minimum atomic E-state index is -4.15. The Morgan fingerprint density at radius 2 is 1.76 bits per heavy atom. The molecule has 1 fully saturated rings. The minimum Gasteiger partial charge on any atom is -0.324 e. The molecule has 0 saturated heterocycles. The van der Waals surface area contributed by atoms with Crippen molar-refractivity contribution in [3.63, 3.8) is 0 Å². The van der Waals surface area contributed by atoms with Crippen molar-refractivity contribution in [2.45, 2.75) is 50.2 Å². The van der Waals surface area contributed by atoms with Crippen molar-refractivity contribution in [1.29, 1.82) is 0 Å². The maximum Gasteiger partial charge on any atom is 0.389 e. The second-order valence-corrected chi connectivity index (χ2v) is 5.63. The van der Waals surface area contributed by atoms with Crippen LogP contribution in [0.25, 0.3) is 0 Å². The summed E-state index contributed by atoms with van der Waals surface area (Å²) in [5, 5.41) is 2.74. The van der Waals surface area contributed by atoms with Gasteiger partial charge in [-0.2, -0.15) is 13.2 Å². The summed E-state index contributed by atoms with van der Waals surface area (Å²) >= 11 is 0. The lowest BCUT2D eigenvalue weighted by molar-refractivity contribution is -0.134. The molecule has 0 heterocycles. The topological polar surface area (TPSA) is 55.1 Å². The molecule has 1 aromatic carbocycles. The first-order valence-corrected chi connectivity index (χ1v) is 7.05. The van der Waals surface area contributed by atoms with Crippen LogP contribution in [0, 0.1) is 0 Å². The van der Waals surface area contributed by atoms with E-state index in [1.165, 1.54) is 0 Å². The molecular weight excluding hydrogens is 281 g/mol. The fourth-order valence-corrected chi connectivity index (χ4v) is 2.53. The summed E-state index contributed by atoms with van der Waals surface area (Å²) in [4.78, 5) is 12.1. The Labute approximate surface area is 121 Å². The summed E-state index contributed by atoms with van der Waals surface area (Å²) in [6, 6.07) is 6.42. The molecule has 0 bridgehead atoms. The second kappa shape index (κ2) is 6.05. The van der Waals surface area contributed by atoms with Crippen molar-refractivity contribution in [2.75, 3.05) is 5.32 Å².